The smallest absolute Gasteiger partial charge is 0.0598 e. The zero-order valence-electron chi connectivity index (χ0n) is 13.5. The zero-order chi connectivity index (χ0) is 14.0. The maximum atomic E-state index is 5.91. The topological polar surface area (TPSA) is 21.3 Å². The van der Waals surface area contributed by atoms with E-state index in [0.717, 1.165) is 25.5 Å². The van der Waals surface area contributed by atoms with E-state index in [1.54, 1.807) is 0 Å². The Morgan fingerprint density at radius 3 is 1.94 bits per heavy atom. The fourth-order valence-electron chi connectivity index (χ4n) is 2.27. The summed E-state index contributed by atoms with van der Waals surface area (Å²) in [5.41, 5.74) is 0.599. The molecule has 1 atom stereocenters. The Morgan fingerprint density at radius 1 is 1.00 bits per heavy atom. The summed E-state index contributed by atoms with van der Waals surface area (Å²) in [4.78, 5) is 0. The number of hydrogen-bond acceptors (Lipinski definition) is 2. The van der Waals surface area contributed by atoms with Crippen LogP contribution in [0.1, 0.15) is 67.7 Å². The van der Waals surface area contributed by atoms with Crippen LogP contribution in [0.25, 0.3) is 0 Å². The molecule has 1 unspecified atom stereocenters. The molecular weight excluding hydrogens is 222 g/mol. The summed E-state index contributed by atoms with van der Waals surface area (Å²) in [6.07, 6.45) is 3.97. The van der Waals surface area contributed by atoms with E-state index >= 15 is 0 Å². The molecule has 0 amide bonds. The SMILES string of the molecule is CC(C)(C)NCC(C)(CCOC(C)(C)C)C1CC1. The fourth-order valence-corrected chi connectivity index (χ4v) is 2.27. The van der Waals surface area contributed by atoms with Gasteiger partial charge >= 0.3 is 0 Å². The van der Waals surface area contributed by atoms with Crippen molar-refractivity contribution in [2.75, 3.05) is 13.2 Å². The number of ether oxygens (including phenoxy) is 1. The molecule has 1 saturated carbocycles. The third kappa shape index (κ3) is 6.19. The van der Waals surface area contributed by atoms with Crippen molar-refractivity contribution in [2.45, 2.75) is 78.9 Å². The first-order valence-corrected chi connectivity index (χ1v) is 7.41. The molecule has 1 N–H and O–H groups in total. The summed E-state index contributed by atoms with van der Waals surface area (Å²) in [7, 11) is 0. The first-order valence-electron chi connectivity index (χ1n) is 7.41. The van der Waals surface area contributed by atoms with Gasteiger partial charge in [-0.1, -0.05) is 6.92 Å². The molecule has 2 heteroatoms. The molecule has 108 valence electrons. The number of nitrogens with one attached hydrogen (secondary N) is 1. The van der Waals surface area contributed by atoms with Crippen molar-refractivity contribution in [1.29, 1.82) is 0 Å². The number of rotatable bonds is 6. The minimum Gasteiger partial charge on any atom is -0.376 e. The van der Waals surface area contributed by atoms with E-state index in [4.69, 9.17) is 4.74 Å². The van der Waals surface area contributed by atoms with Crippen LogP contribution in [-0.2, 0) is 4.74 Å². The number of hydrogen-bond donors (Lipinski definition) is 1. The Kier molecular flexibility index (Phi) is 4.88. The first kappa shape index (κ1) is 16.0. The Hall–Kier alpha value is -0.0800. The van der Waals surface area contributed by atoms with Crippen LogP contribution < -0.4 is 5.32 Å². The van der Waals surface area contributed by atoms with Crippen molar-refractivity contribution in [3.8, 4) is 0 Å². The maximum Gasteiger partial charge on any atom is 0.0598 e. The summed E-state index contributed by atoms with van der Waals surface area (Å²) in [5.74, 6) is 0.899. The van der Waals surface area contributed by atoms with Gasteiger partial charge in [-0.25, -0.2) is 0 Å². The van der Waals surface area contributed by atoms with Crippen LogP contribution in [0.15, 0.2) is 0 Å². The quantitative estimate of drug-likeness (QED) is 0.774. The molecule has 1 aliphatic rings. The van der Waals surface area contributed by atoms with Gasteiger partial charge in [-0.3, -0.25) is 0 Å². The zero-order valence-corrected chi connectivity index (χ0v) is 13.5. The van der Waals surface area contributed by atoms with Gasteiger partial charge in [-0.2, -0.15) is 0 Å². The lowest BCUT2D eigenvalue weighted by Gasteiger charge is -2.35. The summed E-state index contributed by atoms with van der Waals surface area (Å²) >= 11 is 0. The molecule has 18 heavy (non-hydrogen) atoms. The second-order valence-corrected chi connectivity index (χ2v) is 8.24. The van der Waals surface area contributed by atoms with E-state index in [2.05, 4.69) is 53.8 Å². The van der Waals surface area contributed by atoms with Gasteiger partial charge in [0.2, 0.25) is 0 Å². The van der Waals surface area contributed by atoms with Gasteiger partial charge in [0.1, 0.15) is 0 Å². The monoisotopic (exact) mass is 255 g/mol. The Labute approximate surface area is 114 Å². The van der Waals surface area contributed by atoms with Crippen molar-refractivity contribution >= 4 is 0 Å². The van der Waals surface area contributed by atoms with Crippen molar-refractivity contribution in [1.82, 2.24) is 5.32 Å². The second-order valence-electron chi connectivity index (χ2n) is 8.24. The van der Waals surface area contributed by atoms with E-state index in [1.807, 2.05) is 0 Å². The normalized spacial score (nSPS) is 20.8. The van der Waals surface area contributed by atoms with Gasteiger partial charge in [-0.05, 0) is 72.1 Å². The van der Waals surface area contributed by atoms with Crippen LogP contribution in [0.2, 0.25) is 0 Å². The third-order valence-corrected chi connectivity index (χ3v) is 3.79. The van der Waals surface area contributed by atoms with Gasteiger partial charge in [0.15, 0.2) is 0 Å². The molecule has 1 fully saturated rings. The average Bonchev–Trinajstić information content (AvgIpc) is 2.94. The van der Waals surface area contributed by atoms with Gasteiger partial charge in [-0.15, -0.1) is 0 Å². The minimum atomic E-state index is -0.0120. The van der Waals surface area contributed by atoms with Crippen molar-refractivity contribution < 1.29 is 4.74 Å². The molecule has 0 aliphatic heterocycles. The van der Waals surface area contributed by atoms with Crippen LogP contribution in [0.5, 0.6) is 0 Å². The van der Waals surface area contributed by atoms with Gasteiger partial charge in [0.05, 0.1) is 5.60 Å². The van der Waals surface area contributed by atoms with Crippen molar-refractivity contribution in [2.24, 2.45) is 11.3 Å². The largest absolute Gasteiger partial charge is 0.376 e. The molecule has 0 aromatic heterocycles. The Balaban J connectivity index is 2.43. The molecular formula is C16H33NO. The van der Waals surface area contributed by atoms with Gasteiger partial charge in [0, 0.05) is 18.7 Å². The molecule has 0 aromatic rings. The molecule has 0 aromatic carbocycles. The predicted octanol–water partition coefficient (Wildman–Crippen LogP) is 4.00. The molecule has 1 rings (SSSR count). The maximum absolute atomic E-state index is 5.91. The van der Waals surface area contributed by atoms with Crippen LogP contribution in [0, 0.1) is 11.3 Å². The predicted molar refractivity (Wildman–Crippen MR) is 78.9 cm³/mol. The summed E-state index contributed by atoms with van der Waals surface area (Å²) in [5, 5.41) is 3.68. The average molecular weight is 255 g/mol. The van der Waals surface area contributed by atoms with E-state index in [-0.39, 0.29) is 11.1 Å². The lowest BCUT2D eigenvalue weighted by Crippen LogP contribution is -2.44. The van der Waals surface area contributed by atoms with E-state index in [9.17, 15) is 0 Å². The lowest BCUT2D eigenvalue weighted by atomic mass is 9.81. The fraction of sp³-hybridized carbons (Fsp3) is 1.00. The second kappa shape index (κ2) is 5.50. The van der Waals surface area contributed by atoms with Crippen molar-refractivity contribution in [3.05, 3.63) is 0 Å². The third-order valence-electron chi connectivity index (χ3n) is 3.79. The highest BCUT2D eigenvalue weighted by molar-refractivity contribution is 4.93. The molecule has 0 bridgehead atoms. The summed E-state index contributed by atoms with van der Waals surface area (Å²) in [6, 6.07) is 0. The van der Waals surface area contributed by atoms with Gasteiger partial charge < -0.3 is 10.1 Å². The first-order chi connectivity index (χ1) is 8.02. The van der Waals surface area contributed by atoms with Crippen molar-refractivity contribution in [3.63, 3.8) is 0 Å². The van der Waals surface area contributed by atoms with E-state index in [0.29, 0.717) is 5.41 Å². The highest BCUT2D eigenvalue weighted by Gasteiger charge is 2.41. The van der Waals surface area contributed by atoms with Gasteiger partial charge in [0.25, 0.3) is 0 Å². The molecule has 2 nitrogen and oxygen atoms in total. The van der Waals surface area contributed by atoms with Crippen LogP contribution in [-0.4, -0.2) is 24.3 Å². The minimum absolute atomic E-state index is 0.0120. The lowest BCUT2D eigenvalue weighted by molar-refractivity contribution is -0.0201. The molecule has 0 spiro atoms. The molecule has 0 radical (unpaired) electrons. The van der Waals surface area contributed by atoms with Crippen LogP contribution in [0.4, 0.5) is 0 Å². The van der Waals surface area contributed by atoms with Crippen LogP contribution in [0.3, 0.4) is 0 Å². The molecule has 0 saturated heterocycles. The highest BCUT2D eigenvalue weighted by atomic mass is 16.5. The standard InChI is InChI=1S/C16H33NO/c1-14(2,3)17-12-16(7,13-8-9-13)10-11-18-15(4,5)6/h13,17H,8-12H2,1-7H3. The Bertz CT molecular complexity index is 257. The summed E-state index contributed by atoms with van der Waals surface area (Å²) < 4.78 is 5.91. The van der Waals surface area contributed by atoms with E-state index < -0.39 is 0 Å². The van der Waals surface area contributed by atoms with Crippen LogP contribution >= 0.6 is 0 Å². The molecule has 1 aliphatic carbocycles. The highest BCUT2D eigenvalue weighted by Crippen LogP contribution is 2.47. The van der Waals surface area contributed by atoms with E-state index in [1.165, 1.54) is 12.8 Å². The Morgan fingerprint density at radius 2 is 1.56 bits per heavy atom. The molecule has 0 heterocycles. The summed E-state index contributed by atoms with van der Waals surface area (Å²) in [6.45, 7) is 17.5.